The third-order valence-corrected chi connectivity index (χ3v) is 3.95. The van der Waals surface area contributed by atoms with Crippen LogP contribution in [-0.2, 0) is 9.05 Å². The Labute approximate surface area is 91.1 Å². The number of halogens is 3. The maximum atomic E-state index is 13.2. The van der Waals surface area contributed by atoms with Gasteiger partial charge in [0.05, 0.1) is 0 Å². The highest BCUT2D eigenvalue weighted by Crippen LogP contribution is 2.29. The summed E-state index contributed by atoms with van der Waals surface area (Å²) in [6.45, 7) is 1.30. The van der Waals surface area contributed by atoms with Crippen LogP contribution in [0, 0.1) is 5.82 Å². The number of hydrogen-bond donors (Lipinski definition) is 0. The van der Waals surface area contributed by atoms with Gasteiger partial charge in [-0.15, -0.1) is 0 Å². The molecule has 14 heavy (non-hydrogen) atoms. The van der Waals surface area contributed by atoms with Crippen LogP contribution in [0.5, 0.6) is 0 Å². The predicted molar refractivity (Wildman–Crippen MR) is 54.6 cm³/mol. The molecular formula is C8H7Cl2FO2S. The van der Waals surface area contributed by atoms with Crippen LogP contribution < -0.4 is 0 Å². The molecule has 0 aliphatic carbocycles. The molecule has 78 valence electrons. The minimum absolute atomic E-state index is 0.0208. The summed E-state index contributed by atoms with van der Waals surface area (Å²) < 4.78 is 35.1. The Morgan fingerprint density at radius 3 is 2.50 bits per heavy atom. The molecular weight excluding hydrogens is 250 g/mol. The average molecular weight is 257 g/mol. The van der Waals surface area contributed by atoms with Crippen LogP contribution in [0.4, 0.5) is 4.39 Å². The smallest absolute Gasteiger partial charge is 0.212 e. The van der Waals surface area contributed by atoms with Crippen molar-refractivity contribution in [3.05, 3.63) is 34.6 Å². The Morgan fingerprint density at radius 2 is 2.00 bits per heavy atom. The summed E-state index contributed by atoms with van der Waals surface area (Å²) in [5.74, 6) is -0.633. The second-order valence-electron chi connectivity index (χ2n) is 2.78. The fourth-order valence-electron chi connectivity index (χ4n) is 0.978. The molecule has 0 amide bonds. The molecule has 0 aromatic heterocycles. The summed E-state index contributed by atoms with van der Waals surface area (Å²) in [5, 5.41) is -0.837. The van der Waals surface area contributed by atoms with Gasteiger partial charge < -0.3 is 0 Å². The van der Waals surface area contributed by atoms with Gasteiger partial charge in [-0.1, -0.05) is 11.6 Å². The molecule has 1 aromatic rings. The lowest BCUT2D eigenvalue weighted by molar-refractivity contribution is 0.584. The fraction of sp³-hybridized carbons (Fsp3) is 0.250. The van der Waals surface area contributed by atoms with Gasteiger partial charge in [-0.2, -0.15) is 0 Å². The van der Waals surface area contributed by atoms with E-state index >= 15 is 0 Å². The first kappa shape index (κ1) is 11.8. The molecule has 0 radical (unpaired) electrons. The molecule has 1 aromatic carbocycles. The summed E-state index contributed by atoms with van der Waals surface area (Å²) in [6, 6.07) is 3.70. The monoisotopic (exact) mass is 256 g/mol. The van der Waals surface area contributed by atoms with Gasteiger partial charge in [0.1, 0.15) is 11.1 Å². The van der Waals surface area contributed by atoms with E-state index in [9.17, 15) is 12.8 Å². The molecule has 0 spiro atoms. The summed E-state index contributed by atoms with van der Waals surface area (Å²) in [4.78, 5) is 0. The molecule has 1 unspecified atom stereocenters. The molecule has 0 heterocycles. The van der Waals surface area contributed by atoms with Crippen molar-refractivity contribution in [1.82, 2.24) is 0 Å². The van der Waals surface area contributed by atoms with Crippen molar-refractivity contribution in [2.24, 2.45) is 0 Å². The Kier molecular flexibility index (Phi) is 3.40. The summed E-state index contributed by atoms with van der Waals surface area (Å²) in [5.41, 5.74) is -0.0208. The molecule has 0 aliphatic heterocycles. The van der Waals surface area contributed by atoms with Crippen LogP contribution in [0.1, 0.15) is 17.7 Å². The zero-order chi connectivity index (χ0) is 10.9. The quantitative estimate of drug-likeness (QED) is 0.763. The molecule has 0 aliphatic rings. The van der Waals surface area contributed by atoms with Crippen LogP contribution >= 0.6 is 22.3 Å². The normalized spacial score (nSPS) is 14.0. The Balaban J connectivity index is 3.26. The highest BCUT2D eigenvalue weighted by molar-refractivity contribution is 8.13. The number of benzene rings is 1. The van der Waals surface area contributed by atoms with Crippen LogP contribution in [0.25, 0.3) is 0 Å². The van der Waals surface area contributed by atoms with E-state index in [0.717, 1.165) is 6.07 Å². The van der Waals surface area contributed by atoms with Crippen molar-refractivity contribution < 1.29 is 12.8 Å². The van der Waals surface area contributed by atoms with Gasteiger partial charge in [0.25, 0.3) is 0 Å². The lowest BCUT2D eigenvalue weighted by Gasteiger charge is -2.09. The van der Waals surface area contributed by atoms with Crippen molar-refractivity contribution in [2.45, 2.75) is 12.2 Å². The summed E-state index contributed by atoms with van der Waals surface area (Å²) in [7, 11) is 1.28. The molecule has 1 atom stereocenters. The molecule has 0 bridgehead atoms. The van der Waals surface area contributed by atoms with Gasteiger partial charge in [-0.3, -0.25) is 0 Å². The van der Waals surface area contributed by atoms with Crippen LogP contribution in [0.3, 0.4) is 0 Å². The first-order valence-electron chi connectivity index (χ1n) is 3.71. The molecule has 6 heteroatoms. The van der Waals surface area contributed by atoms with Crippen molar-refractivity contribution in [1.29, 1.82) is 0 Å². The first-order chi connectivity index (χ1) is 6.32. The van der Waals surface area contributed by atoms with Crippen molar-refractivity contribution in [3.8, 4) is 0 Å². The van der Waals surface area contributed by atoms with Gasteiger partial charge in [0, 0.05) is 21.3 Å². The Morgan fingerprint density at radius 1 is 1.43 bits per heavy atom. The Bertz CT molecular complexity index is 445. The predicted octanol–water partition coefficient (Wildman–Crippen LogP) is 3.11. The average Bonchev–Trinajstić information content (AvgIpc) is 2.06. The molecule has 1 rings (SSSR count). The molecule has 0 N–H and O–H groups in total. The van der Waals surface area contributed by atoms with Gasteiger partial charge >= 0.3 is 0 Å². The van der Waals surface area contributed by atoms with Gasteiger partial charge in [0.15, 0.2) is 0 Å². The second-order valence-corrected chi connectivity index (χ2v) is 6.17. The van der Waals surface area contributed by atoms with Gasteiger partial charge in [-0.25, -0.2) is 12.8 Å². The number of rotatable bonds is 2. The maximum absolute atomic E-state index is 13.2. The summed E-state index contributed by atoms with van der Waals surface area (Å²) >= 11 is 5.61. The largest absolute Gasteiger partial charge is 0.239 e. The summed E-state index contributed by atoms with van der Waals surface area (Å²) in [6.07, 6.45) is 0. The molecule has 2 nitrogen and oxygen atoms in total. The second kappa shape index (κ2) is 4.04. The zero-order valence-corrected chi connectivity index (χ0v) is 9.50. The van der Waals surface area contributed by atoms with Crippen LogP contribution in [0.15, 0.2) is 18.2 Å². The lowest BCUT2D eigenvalue weighted by Crippen LogP contribution is -2.05. The molecule has 0 fully saturated rings. The third-order valence-electron chi connectivity index (χ3n) is 1.82. The molecule has 0 saturated carbocycles. The van der Waals surface area contributed by atoms with E-state index in [0.29, 0.717) is 0 Å². The van der Waals surface area contributed by atoms with E-state index in [1.54, 1.807) is 0 Å². The Hall–Kier alpha value is -0.320. The van der Waals surface area contributed by atoms with E-state index in [1.807, 2.05) is 0 Å². The highest BCUT2D eigenvalue weighted by Gasteiger charge is 2.22. The maximum Gasteiger partial charge on any atom is 0.239 e. The fourth-order valence-corrected chi connectivity index (χ4v) is 1.93. The zero-order valence-electron chi connectivity index (χ0n) is 7.17. The molecule has 0 saturated heterocycles. The minimum Gasteiger partial charge on any atom is -0.212 e. The lowest BCUT2D eigenvalue weighted by atomic mass is 10.1. The van der Waals surface area contributed by atoms with Crippen LogP contribution in [-0.4, -0.2) is 8.42 Å². The van der Waals surface area contributed by atoms with Crippen molar-refractivity contribution in [3.63, 3.8) is 0 Å². The van der Waals surface area contributed by atoms with Gasteiger partial charge in [-0.05, 0) is 25.1 Å². The van der Waals surface area contributed by atoms with E-state index in [4.69, 9.17) is 22.3 Å². The highest BCUT2D eigenvalue weighted by atomic mass is 35.7. The SMILES string of the molecule is CC(c1cc(Cl)ccc1F)S(=O)(=O)Cl. The van der Waals surface area contributed by atoms with E-state index in [1.165, 1.54) is 19.1 Å². The van der Waals surface area contributed by atoms with Crippen LogP contribution in [0.2, 0.25) is 5.02 Å². The van der Waals surface area contributed by atoms with Crippen molar-refractivity contribution in [2.75, 3.05) is 0 Å². The topological polar surface area (TPSA) is 34.1 Å². The first-order valence-corrected chi connectivity index (χ1v) is 6.46. The minimum atomic E-state index is -3.82. The van der Waals surface area contributed by atoms with E-state index in [-0.39, 0.29) is 10.6 Å². The van der Waals surface area contributed by atoms with Crippen molar-refractivity contribution >= 4 is 31.3 Å². The van der Waals surface area contributed by atoms with E-state index in [2.05, 4.69) is 0 Å². The number of hydrogen-bond acceptors (Lipinski definition) is 2. The standard InChI is InChI=1S/C8H7Cl2FO2S/c1-5(14(10,12)13)7-4-6(9)2-3-8(7)11/h2-5H,1H3. The van der Waals surface area contributed by atoms with E-state index < -0.39 is 20.1 Å². The van der Waals surface area contributed by atoms with Gasteiger partial charge in [0.2, 0.25) is 9.05 Å². The third kappa shape index (κ3) is 2.59.